The Kier molecular flexibility index (Phi) is 6.28. The van der Waals surface area contributed by atoms with Gasteiger partial charge < -0.3 is 0 Å². The molecule has 0 saturated carbocycles. The highest BCUT2D eigenvalue weighted by molar-refractivity contribution is 5.21. The van der Waals surface area contributed by atoms with E-state index in [0.29, 0.717) is 0 Å². The third-order valence-corrected chi connectivity index (χ3v) is 3.39. The first kappa shape index (κ1) is 14.2. The highest BCUT2D eigenvalue weighted by Gasteiger charge is 2.28. The summed E-state index contributed by atoms with van der Waals surface area (Å²) < 4.78 is 0. The maximum Gasteiger partial charge on any atom is 0.0228 e. The van der Waals surface area contributed by atoms with E-state index in [1.807, 2.05) is 0 Å². The summed E-state index contributed by atoms with van der Waals surface area (Å²) in [4.78, 5) is 2.48. The van der Waals surface area contributed by atoms with E-state index in [1.165, 1.54) is 31.5 Å². The third-order valence-electron chi connectivity index (χ3n) is 3.39. The molecule has 17 heavy (non-hydrogen) atoms. The molecule has 1 heteroatoms. The van der Waals surface area contributed by atoms with Gasteiger partial charge in [0.15, 0.2) is 0 Å². The second-order valence-corrected chi connectivity index (χ2v) is 5.43. The van der Waals surface area contributed by atoms with Crippen LogP contribution in [0.3, 0.4) is 0 Å². The van der Waals surface area contributed by atoms with Gasteiger partial charge >= 0.3 is 0 Å². The number of hydrogen-bond donors (Lipinski definition) is 0. The summed E-state index contributed by atoms with van der Waals surface area (Å²) in [6, 6.07) is 0. The van der Waals surface area contributed by atoms with Crippen molar-refractivity contribution in [3.05, 3.63) is 36.5 Å². The van der Waals surface area contributed by atoms with Crippen LogP contribution in [-0.2, 0) is 0 Å². The highest BCUT2D eigenvalue weighted by Crippen LogP contribution is 2.23. The molecule has 1 fully saturated rings. The quantitative estimate of drug-likeness (QED) is 0.600. The second kappa shape index (κ2) is 7.50. The fraction of sp³-hybridized carbons (Fsp3) is 0.625. The van der Waals surface area contributed by atoms with E-state index in [9.17, 15) is 0 Å². The molecule has 0 radical (unpaired) electrons. The van der Waals surface area contributed by atoms with Crippen LogP contribution in [0.15, 0.2) is 36.5 Å². The number of rotatable bonds is 7. The number of hydrogen-bond acceptors (Lipinski definition) is 1. The zero-order chi connectivity index (χ0) is 12.7. The second-order valence-electron chi connectivity index (χ2n) is 5.43. The van der Waals surface area contributed by atoms with Crippen LogP contribution >= 0.6 is 0 Å². The van der Waals surface area contributed by atoms with Crippen molar-refractivity contribution in [3.8, 4) is 0 Å². The number of unbranched alkanes of at least 4 members (excludes halogenated alkanes) is 1. The standard InChI is InChI=1S/C16H27N/c1-5-6-7-8-9-10-15(4)11-17-12-16(13-17)14(2)3/h7-10,14,16H,4-6,11-13H2,1-3H3/b8-7-,10-9-. The Morgan fingerprint density at radius 1 is 1.35 bits per heavy atom. The van der Waals surface area contributed by atoms with E-state index in [4.69, 9.17) is 0 Å². The molecule has 1 heterocycles. The van der Waals surface area contributed by atoms with Crippen molar-refractivity contribution < 1.29 is 0 Å². The topological polar surface area (TPSA) is 3.24 Å². The maximum atomic E-state index is 4.10. The average Bonchev–Trinajstić information content (AvgIpc) is 2.22. The predicted octanol–water partition coefficient (Wildman–Crippen LogP) is 4.04. The Hall–Kier alpha value is -0.820. The Morgan fingerprint density at radius 2 is 2.06 bits per heavy atom. The van der Waals surface area contributed by atoms with Crippen molar-refractivity contribution in [2.24, 2.45) is 11.8 Å². The van der Waals surface area contributed by atoms with Crippen LogP contribution in [0, 0.1) is 11.8 Å². The monoisotopic (exact) mass is 233 g/mol. The average molecular weight is 233 g/mol. The van der Waals surface area contributed by atoms with Crippen molar-refractivity contribution in [1.82, 2.24) is 4.90 Å². The van der Waals surface area contributed by atoms with E-state index < -0.39 is 0 Å². The van der Waals surface area contributed by atoms with E-state index in [2.05, 4.69) is 56.6 Å². The Bertz CT molecular complexity index is 280. The molecule has 0 spiro atoms. The number of nitrogens with zero attached hydrogens (tertiary/aromatic N) is 1. The lowest BCUT2D eigenvalue weighted by molar-refractivity contribution is 0.0793. The van der Waals surface area contributed by atoms with Gasteiger partial charge in [0, 0.05) is 19.6 Å². The lowest BCUT2D eigenvalue weighted by Gasteiger charge is -2.41. The van der Waals surface area contributed by atoms with Crippen molar-refractivity contribution >= 4 is 0 Å². The SMILES string of the molecule is C=C(/C=C\C=C/CCC)CN1CC(C(C)C)C1. The molecule has 1 saturated heterocycles. The van der Waals surface area contributed by atoms with E-state index in [1.54, 1.807) is 0 Å². The molecule has 1 aliphatic heterocycles. The molecule has 0 bridgehead atoms. The van der Waals surface area contributed by atoms with Gasteiger partial charge in [0.1, 0.15) is 0 Å². The van der Waals surface area contributed by atoms with Crippen molar-refractivity contribution in [2.75, 3.05) is 19.6 Å². The van der Waals surface area contributed by atoms with Gasteiger partial charge in [-0.2, -0.15) is 0 Å². The molecule has 0 aliphatic carbocycles. The summed E-state index contributed by atoms with van der Waals surface area (Å²) in [5, 5.41) is 0. The molecule has 1 aliphatic rings. The number of allylic oxidation sites excluding steroid dienone is 3. The first-order chi connectivity index (χ1) is 8.13. The van der Waals surface area contributed by atoms with Crippen LogP contribution in [-0.4, -0.2) is 24.5 Å². The first-order valence-electron chi connectivity index (χ1n) is 6.86. The van der Waals surface area contributed by atoms with Crippen molar-refractivity contribution in [2.45, 2.75) is 33.6 Å². The van der Waals surface area contributed by atoms with Crippen LogP contribution in [0.25, 0.3) is 0 Å². The summed E-state index contributed by atoms with van der Waals surface area (Å²) >= 11 is 0. The van der Waals surface area contributed by atoms with Crippen LogP contribution in [0.4, 0.5) is 0 Å². The van der Waals surface area contributed by atoms with Gasteiger partial charge in [0.05, 0.1) is 0 Å². The predicted molar refractivity (Wildman–Crippen MR) is 77.1 cm³/mol. The molecule has 0 amide bonds. The molecule has 0 atom stereocenters. The van der Waals surface area contributed by atoms with Crippen LogP contribution in [0.5, 0.6) is 0 Å². The maximum absolute atomic E-state index is 4.10. The fourth-order valence-corrected chi connectivity index (χ4v) is 2.03. The van der Waals surface area contributed by atoms with Gasteiger partial charge in [-0.15, -0.1) is 0 Å². The minimum absolute atomic E-state index is 0.826. The Morgan fingerprint density at radius 3 is 2.65 bits per heavy atom. The number of likely N-dealkylation sites (tertiary alicyclic amines) is 1. The summed E-state index contributed by atoms with van der Waals surface area (Å²) in [5.74, 6) is 1.73. The summed E-state index contributed by atoms with van der Waals surface area (Å²) in [6.07, 6.45) is 11.0. The van der Waals surface area contributed by atoms with Gasteiger partial charge in [-0.1, -0.05) is 58.1 Å². The minimum Gasteiger partial charge on any atom is -0.298 e. The zero-order valence-corrected chi connectivity index (χ0v) is 11.7. The normalized spacial score (nSPS) is 18.4. The molecule has 0 unspecified atom stereocenters. The zero-order valence-electron chi connectivity index (χ0n) is 11.7. The van der Waals surface area contributed by atoms with Gasteiger partial charge in [0.25, 0.3) is 0 Å². The van der Waals surface area contributed by atoms with Crippen LogP contribution < -0.4 is 0 Å². The Balaban J connectivity index is 2.14. The molecule has 96 valence electrons. The Labute approximate surface area is 107 Å². The van der Waals surface area contributed by atoms with E-state index >= 15 is 0 Å². The van der Waals surface area contributed by atoms with Crippen molar-refractivity contribution in [3.63, 3.8) is 0 Å². The molecule has 1 rings (SSSR count). The first-order valence-corrected chi connectivity index (χ1v) is 6.86. The summed E-state index contributed by atoms with van der Waals surface area (Å²) in [5.41, 5.74) is 1.22. The van der Waals surface area contributed by atoms with Gasteiger partial charge in [-0.25, -0.2) is 0 Å². The van der Waals surface area contributed by atoms with Crippen LogP contribution in [0.2, 0.25) is 0 Å². The molecule has 1 nitrogen and oxygen atoms in total. The molecule has 0 aromatic carbocycles. The molecular formula is C16H27N. The van der Waals surface area contributed by atoms with Crippen LogP contribution in [0.1, 0.15) is 33.6 Å². The molecule has 0 aromatic heterocycles. The highest BCUT2D eigenvalue weighted by atomic mass is 15.2. The lowest BCUT2D eigenvalue weighted by Crippen LogP contribution is -2.49. The molecular weight excluding hydrogens is 206 g/mol. The fourth-order valence-electron chi connectivity index (χ4n) is 2.03. The van der Waals surface area contributed by atoms with E-state index in [-0.39, 0.29) is 0 Å². The largest absolute Gasteiger partial charge is 0.298 e. The molecule has 0 N–H and O–H groups in total. The summed E-state index contributed by atoms with van der Waals surface area (Å²) in [6.45, 7) is 14.4. The minimum atomic E-state index is 0.826. The third kappa shape index (κ3) is 5.36. The van der Waals surface area contributed by atoms with Crippen molar-refractivity contribution in [1.29, 1.82) is 0 Å². The summed E-state index contributed by atoms with van der Waals surface area (Å²) in [7, 11) is 0. The van der Waals surface area contributed by atoms with Gasteiger partial charge in [-0.3, -0.25) is 4.90 Å². The lowest BCUT2D eigenvalue weighted by atomic mass is 9.88. The van der Waals surface area contributed by atoms with E-state index in [0.717, 1.165) is 18.4 Å². The van der Waals surface area contributed by atoms with Gasteiger partial charge in [-0.05, 0) is 23.8 Å². The molecule has 0 aromatic rings. The smallest absolute Gasteiger partial charge is 0.0228 e. The van der Waals surface area contributed by atoms with Gasteiger partial charge in [0.2, 0.25) is 0 Å².